The summed E-state index contributed by atoms with van der Waals surface area (Å²) in [7, 11) is 0. The maximum atomic E-state index is 12.4. The molecule has 0 radical (unpaired) electrons. The van der Waals surface area contributed by atoms with Crippen molar-refractivity contribution in [2.75, 3.05) is 10.6 Å². The largest absolute Gasteiger partial charge is 0.326 e. The van der Waals surface area contributed by atoms with E-state index < -0.39 is 6.03 Å². The second-order valence-electron chi connectivity index (χ2n) is 6.19. The Bertz CT molecular complexity index is 1300. The summed E-state index contributed by atoms with van der Waals surface area (Å²) in [6, 6.07) is 18.5. The molecule has 0 spiro atoms. The van der Waals surface area contributed by atoms with Crippen LogP contribution in [0, 0.1) is 0 Å². The Hall–Kier alpha value is -4.20. The Morgan fingerprint density at radius 1 is 0.964 bits per heavy atom. The molecule has 0 unspecified atom stereocenters. The van der Waals surface area contributed by atoms with Gasteiger partial charge < -0.3 is 0 Å². The minimum Gasteiger partial charge on any atom is -0.292 e. The molecule has 2 amide bonds. The third kappa shape index (κ3) is 2.82. The molecule has 0 fully saturated rings. The quantitative estimate of drug-likeness (QED) is 0.449. The van der Waals surface area contributed by atoms with E-state index >= 15 is 0 Å². The fourth-order valence-corrected chi connectivity index (χ4v) is 3.10. The average molecular weight is 369 g/mol. The van der Waals surface area contributed by atoms with Gasteiger partial charge in [-0.05, 0) is 36.4 Å². The van der Waals surface area contributed by atoms with Crippen molar-refractivity contribution < 1.29 is 4.79 Å². The number of benzene rings is 1. The first-order valence-electron chi connectivity index (χ1n) is 8.69. The first-order chi connectivity index (χ1) is 13.8. The van der Waals surface area contributed by atoms with Crippen LogP contribution in [-0.4, -0.2) is 30.8 Å². The molecule has 8 nitrogen and oxygen atoms in total. The number of anilines is 2. The number of pyridine rings is 2. The van der Waals surface area contributed by atoms with E-state index in [1.54, 1.807) is 16.8 Å². The lowest BCUT2D eigenvalue weighted by Crippen LogP contribution is -2.20. The van der Waals surface area contributed by atoms with E-state index in [0.717, 1.165) is 27.7 Å². The number of fused-ring (bicyclic) bond motifs is 2. The highest BCUT2D eigenvalue weighted by atomic mass is 16.2. The number of aromatic nitrogens is 5. The van der Waals surface area contributed by atoms with E-state index in [0.29, 0.717) is 11.6 Å². The van der Waals surface area contributed by atoms with Gasteiger partial charge in [0.2, 0.25) is 0 Å². The Morgan fingerprint density at radius 3 is 2.82 bits per heavy atom. The molecule has 4 aromatic heterocycles. The molecule has 28 heavy (non-hydrogen) atoms. The van der Waals surface area contributed by atoms with Gasteiger partial charge in [0.05, 0.1) is 22.9 Å². The molecule has 0 bridgehead atoms. The summed E-state index contributed by atoms with van der Waals surface area (Å²) < 4.78 is 1.78. The number of carbonyl (C=O) groups is 1. The molecule has 0 aliphatic carbocycles. The molecule has 3 N–H and O–H groups in total. The highest BCUT2D eigenvalue weighted by Crippen LogP contribution is 2.24. The molecule has 5 rings (SSSR count). The van der Waals surface area contributed by atoms with Crippen molar-refractivity contribution in [3.63, 3.8) is 0 Å². The Kier molecular flexibility index (Phi) is 3.72. The topological polar surface area (TPSA) is 100 Å². The third-order valence-corrected chi connectivity index (χ3v) is 4.40. The number of hydrogen-bond donors (Lipinski definition) is 3. The van der Waals surface area contributed by atoms with Crippen LogP contribution < -0.4 is 10.6 Å². The number of carbonyl (C=O) groups excluding carboxylic acids is 1. The van der Waals surface area contributed by atoms with Gasteiger partial charge in [-0.25, -0.2) is 14.3 Å². The van der Waals surface area contributed by atoms with Crippen molar-refractivity contribution in [1.82, 2.24) is 24.8 Å². The van der Waals surface area contributed by atoms with Gasteiger partial charge in [0.25, 0.3) is 0 Å². The van der Waals surface area contributed by atoms with Crippen LogP contribution in [-0.2, 0) is 0 Å². The molecule has 0 aliphatic heterocycles. The zero-order valence-electron chi connectivity index (χ0n) is 14.6. The molecular weight excluding hydrogens is 354 g/mol. The maximum absolute atomic E-state index is 12.4. The number of rotatable bonds is 3. The van der Waals surface area contributed by atoms with Crippen LogP contribution in [0.1, 0.15) is 0 Å². The number of para-hydroxylation sites is 1. The zero-order valence-corrected chi connectivity index (χ0v) is 14.6. The summed E-state index contributed by atoms with van der Waals surface area (Å²) in [6.07, 6.45) is 3.64. The normalized spacial score (nSPS) is 11.0. The molecule has 8 heteroatoms. The fourth-order valence-electron chi connectivity index (χ4n) is 3.10. The number of aromatic amines is 1. The minimum atomic E-state index is -0.415. The molecule has 5 aromatic rings. The van der Waals surface area contributed by atoms with E-state index in [4.69, 9.17) is 0 Å². The average Bonchev–Trinajstić information content (AvgIpc) is 3.33. The Labute approximate surface area is 159 Å². The zero-order chi connectivity index (χ0) is 18.9. The lowest BCUT2D eigenvalue weighted by atomic mass is 10.2. The number of hydrogen-bond acceptors (Lipinski definition) is 4. The maximum Gasteiger partial charge on any atom is 0.326 e. The number of urea groups is 1. The molecular formula is C20H15N7O. The van der Waals surface area contributed by atoms with E-state index in [2.05, 4.69) is 30.9 Å². The SMILES string of the molecule is O=C(Nc1cccc(-c2cnn3ccccc23)n1)Nc1n[nH]c2ccccc12. The summed E-state index contributed by atoms with van der Waals surface area (Å²) in [4.78, 5) is 16.9. The lowest BCUT2D eigenvalue weighted by molar-refractivity contribution is 0.262. The Morgan fingerprint density at radius 2 is 1.86 bits per heavy atom. The van der Waals surface area contributed by atoms with Gasteiger partial charge in [0, 0.05) is 17.1 Å². The van der Waals surface area contributed by atoms with Crippen LogP contribution in [0.15, 0.2) is 73.1 Å². The van der Waals surface area contributed by atoms with Gasteiger partial charge in [-0.2, -0.15) is 10.2 Å². The lowest BCUT2D eigenvalue weighted by Gasteiger charge is -2.07. The van der Waals surface area contributed by atoms with Crippen molar-refractivity contribution in [1.29, 1.82) is 0 Å². The Balaban J connectivity index is 1.38. The van der Waals surface area contributed by atoms with Crippen LogP contribution in [0.5, 0.6) is 0 Å². The smallest absolute Gasteiger partial charge is 0.292 e. The van der Waals surface area contributed by atoms with Crippen LogP contribution in [0.4, 0.5) is 16.4 Å². The van der Waals surface area contributed by atoms with Gasteiger partial charge in [-0.1, -0.05) is 24.3 Å². The van der Waals surface area contributed by atoms with E-state index in [1.807, 2.05) is 60.8 Å². The van der Waals surface area contributed by atoms with Crippen molar-refractivity contribution in [2.24, 2.45) is 0 Å². The summed E-state index contributed by atoms with van der Waals surface area (Å²) >= 11 is 0. The molecule has 136 valence electrons. The fraction of sp³-hybridized carbons (Fsp3) is 0. The third-order valence-electron chi connectivity index (χ3n) is 4.40. The predicted octanol–water partition coefficient (Wildman–Crippen LogP) is 3.92. The first-order valence-corrected chi connectivity index (χ1v) is 8.69. The highest BCUT2D eigenvalue weighted by Gasteiger charge is 2.11. The summed E-state index contributed by atoms with van der Waals surface area (Å²) in [5.41, 5.74) is 3.41. The summed E-state index contributed by atoms with van der Waals surface area (Å²) in [5, 5.41) is 17.7. The molecule has 1 aromatic carbocycles. The van der Waals surface area contributed by atoms with Crippen LogP contribution in [0.3, 0.4) is 0 Å². The predicted molar refractivity (Wildman–Crippen MR) is 107 cm³/mol. The highest BCUT2D eigenvalue weighted by molar-refractivity contribution is 6.04. The van der Waals surface area contributed by atoms with E-state index in [1.165, 1.54) is 0 Å². The van der Waals surface area contributed by atoms with Gasteiger partial charge in [-0.3, -0.25) is 15.7 Å². The number of nitrogens with zero attached hydrogens (tertiary/aromatic N) is 4. The number of amides is 2. The number of nitrogens with one attached hydrogen (secondary N) is 3. The van der Waals surface area contributed by atoms with Crippen molar-refractivity contribution in [2.45, 2.75) is 0 Å². The monoisotopic (exact) mass is 369 g/mol. The van der Waals surface area contributed by atoms with Gasteiger partial charge in [0.15, 0.2) is 5.82 Å². The molecule has 0 saturated carbocycles. The summed E-state index contributed by atoms with van der Waals surface area (Å²) in [6.45, 7) is 0. The number of H-pyrrole nitrogens is 1. The van der Waals surface area contributed by atoms with E-state index in [-0.39, 0.29) is 0 Å². The van der Waals surface area contributed by atoms with Gasteiger partial charge in [0.1, 0.15) is 5.82 Å². The summed E-state index contributed by atoms with van der Waals surface area (Å²) in [5.74, 6) is 0.900. The molecule has 0 saturated heterocycles. The molecule has 4 heterocycles. The molecule has 0 aliphatic rings. The molecule has 0 atom stereocenters. The van der Waals surface area contributed by atoms with Crippen molar-refractivity contribution >= 4 is 34.1 Å². The minimum absolute atomic E-state index is 0.415. The van der Waals surface area contributed by atoms with Gasteiger partial charge >= 0.3 is 6.03 Å². The first kappa shape index (κ1) is 16.0. The standard InChI is InChI=1S/C20H15N7O/c28-20(24-19-13-6-1-2-7-16(13)25-26-19)23-18-10-5-8-15(22-18)14-12-21-27-11-4-3-9-17(14)27/h1-12H,(H3,22,23,24,25,26,28). The van der Waals surface area contributed by atoms with Crippen molar-refractivity contribution in [3.8, 4) is 11.3 Å². The van der Waals surface area contributed by atoms with Crippen LogP contribution >= 0.6 is 0 Å². The van der Waals surface area contributed by atoms with E-state index in [9.17, 15) is 4.79 Å². The van der Waals surface area contributed by atoms with Crippen LogP contribution in [0.25, 0.3) is 27.7 Å². The second kappa shape index (κ2) is 6.51. The van der Waals surface area contributed by atoms with Gasteiger partial charge in [-0.15, -0.1) is 0 Å². The second-order valence-corrected chi connectivity index (χ2v) is 6.19. The van der Waals surface area contributed by atoms with Crippen molar-refractivity contribution in [3.05, 3.63) is 73.1 Å². The van der Waals surface area contributed by atoms with Crippen LogP contribution in [0.2, 0.25) is 0 Å².